The van der Waals surface area contributed by atoms with Gasteiger partial charge in [0.05, 0.1) is 12.8 Å². The van der Waals surface area contributed by atoms with Crippen LogP contribution in [0.25, 0.3) is 16.6 Å². The van der Waals surface area contributed by atoms with Crippen molar-refractivity contribution in [3.05, 3.63) is 47.3 Å². The molecule has 6 rings (SSSR count). The van der Waals surface area contributed by atoms with Gasteiger partial charge in [-0.2, -0.15) is 4.52 Å². The van der Waals surface area contributed by atoms with E-state index in [0.717, 1.165) is 48.7 Å². The second-order valence-electron chi connectivity index (χ2n) is 7.70. The van der Waals surface area contributed by atoms with Gasteiger partial charge in [0.1, 0.15) is 17.1 Å². The highest BCUT2D eigenvalue weighted by atomic mass is 16.5. The molecule has 0 unspecified atom stereocenters. The number of nitrogens with two attached hydrogens (primary N) is 1. The Bertz CT molecular complexity index is 1260. The molecule has 9 heteroatoms. The van der Waals surface area contributed by atoms with Crippen LogP contribution in [0.4, 0.5) is 5.95 Å². The molecule has 1 aliphatic heterocycles. The van der Waals surface area contributed by atoms with E-state index < -0.39 is 0 Å². The summed E-state index contributed by atoms with van der Waals surface area (Å²) in [5, 5.41) is 8.85. The third-order valence-corrected chi connectivity index (χ3v) is 5.98. The molecule has 3 aromatic heterocycles. The van der Waals surface area contributed by atoms with Gasteiger partial charge in [0, 0.05) is 42.1 Å². The summed E-state index contributed by atoms with van der Waals surface area (Å²) in [6.45, 7) is 1.69. The first-order valence-corrected chi connectivity index (χ1v) is 9.75. The second kappa shape index (κ2) is 6.08. The Morgan fingerprint density at radius 3 is 2.83 bits per heavy atom. The molecule has 3 N–H and O–H groups in total. The lowest BCUT2D eigenvalue weighted by Crippen LogP contribution is -2.23. The highest BCUT2D eigenvalue weighted by molar-refractivity contribution is 5.95. The highest BCUT2D eigenvalue weighted by Crippen LogP contribution is 2.46. The number of nitrogens with one attached hydrogen (secondary N) is 1. The quantitative estimate of drug-likeness (QED) is 0.547. The average Bonchev–Trinajstić information content (AvgIpc) is 3.34. The number of para-hydroxylation sites is 1. The van der Waals surface area contributed by atoms with Crippen molar-refractivity contribution in [2.75, 3.05) is 12.8 Å². The topological polar surface area (TPSA) is 116 Å². The highest BCUT2D eigenvalue weighted by Gasteiger charge is 2.36. The molecule has 0 saturated heterocycles. The molecule has 146 valence electrons. The number of hydrogen-bond acceptors (Lipinski definition) is 8. The van der Waals surface area contributed by atoms with Crippen LogP contribution < -0.4 is 15.8 Å². The average molecular weight is 388 g/mol. The second-order valence-corrected chi connectivity index (χ2v) is 7.70. The fraction of sp³-hybridized carbons (Fsp3) is 0.350. The molecule has 0 bridgehead atoms. The lowest BCUT2D eigenvalue weighted by Gasteiger charge is -2.32. The first kappa shape index (κ1) is 16.6. The summed E-state index contributed by atoms with van der Waals surface area (Å²) in [7, 11) is 1.62. The minimum Gasteiger partial charge on any atom is -0.494 e. The Morgan fingerprint density at radius 1 is 1.10 bits per heavy atom. The maximum atomic E-state index is 6.16. The van der Waals surface area contributed by atoms with Gasteiger partial charge < -0.3 is 15.8 Å². The molecule has 0 atom stereocenters. The summed E-state index contributed by atoms with van der Waals surface area (Å²) in [5.74, 6) is 3.34. The summed E-state index contributed by atoms with van der Waals surface area (Å²) >= 11 is 0. The number of benzene rings is 1. The smallest absolute Gasteiger partial charge is 0.223 e. The molecule has 1 aliphatic carbocycles. The van der Waals surface area contributed by atoms with Gasteiger partial charge in [0.25, 0.3) is 0 Å². The Kier molecular flexibility index (Phi) is 3.48. The van der Waals surface area contributed by atoms with Crippen LogP contribution in [0, 0.1) is 0 Å². The number of nitrogens with zero attached hydrogens (tertiary/aromatic N) is 6. The van der Waals surface area contributed by atoms with Gasteiger partial charge in [-0.05, 0) is 25.0 Å². The van der Waals surface area contributed by atoms with E-state index in [0.29, 0.717) is 28.8 Å². The van der Waals surface area contributed by atoms with Crippen LogP contribution in [0.5, 0.6) is 5.75 Å². The minimum atomic E-state index is 0.273. The fourth-order valence-electron chi connectivity index (χ4n) is 4.29. The van der Waals surface area contributed by atoms with Crippen LogP contribution in [-0.2, 0) is 13.1 Å². The Labute approximate surface area is 166 Å². The van der Waals surface area contributed by atoms with E-state index in [1.165, 1.54) is 5.56 Å². The van der Waals surface area contributed by atoms with E-state index in [-0.39, 0.29) is 5.92 Å². The fourth-order valence-corrected chi connectivity index (χ4v) is 4.29. The molecular formula is C20H20N8O. The Hall–Kier alpha value is -3.33. The number of nitrogen functional groups attached to an aromatic ring is 1. The molecule has 0 amide bonds. The third kappa shape index (κ3) is 2.47. The van der Waals surface area contributed by atoms with Crippen molar-refractivity contribution in [3.8, 4) is 5.75 Å². The van der Waals surface area contributed by atoms with Crippen molar-refractivity contribution >= 4 is 22.5 Å². The minimum absolute atomic E-state index is 0.273. The maximum absolute atomic E-state index is 6.16. The van der Waals surface area contributed by atoms with Crippen molar-refractivity contribution in [3.63, 3.8) is 0 Å². The van der Waals surface area contributed by atoms with Gasteiger partial charge in [-0.15, -0.1) is 5.10 Å². The Balaban J connectivity index is 1.32. The van der Waals surface area contributed by atoms with E-state index >= 15 is 0 Å². The molecule has 9 nitrogen and oxygen atoms in total. The molecule has 0 radical (unpaired) electrons. The van der Waals surface area contributed by atoms with Gasteiger partial charge in [-0.25, -0.2) is 19.9 Å². The molecule has 1 saturated carbocycles. The molecular weight excluding hydrogens is 368 g/mol. The molecule has 1 fully saturated rings. The monoisotopic (exact) mass is 388 g/mol. The predicted octanol–water partition coefficient (Wildman–Crippen LogP) is 1.92. The Morgan fingerprint density at radius 2 is 1.97 bits per heavy atom. The molecule has 4 heterocycles. The third-order valence-electron chi connectivity index (χ3n) is 5.98. The first-order chi connectivity index (χ1) is 14.2. The van der Waals surface area contributed by atoms with E-state index in [1.54, 1.807) is 11.6 Å². The molecule has 0 spiro atoms. The van der Waals surface area contributed by atoms with Crippen LogP contribution in [-0.4, -0.2) is 36.7 Å². The molecule has 2 aliphatic rings. The van der Waals surface area contributed by atoms with Crippen LogP contribution in [0.3, 0.4) is 0 Å². The van der Waals surface area contributed by atoms with Crippen molar-refractivity contribution in [1.82, 2.24) is 34.9 Å². The van der Waals surface area contributed by atoms with Gasteiger partial charge >= 0.3 is 0 Å². The summed E-state index contributed by atoms with van der Waals surface area (Å²) in [4.78, 5) is 18.6. The number of methoxy groups -OCH3 is 1. The molecule has 4 aromatic rings. The van der Waals surface area contributed by atoms with E-state index in [1.807, 2.05) is 24.4 Å². The number of aromatic nitrogens is 6. The van der Waals surface area contributed by atoms with Crippen molar-refractivity contribution in [1.29, 1.82) is 0 Å². The van der Waals surface area contributed by atoms with Gasteiger partial charge in [-0.3, -0.25) is 0 Å². The van der Waals surface area contributed by atoms with Crippen molar-refractivity contribution in [2.24, 2.45) is 0 Å². The van der Waals surface area contributed by atoms with Crippen molar-refractivity contribution in [2.45, 2.75) is 37.8 Å². The normalized spacial score (nSPS) is 20.7. The maximum Gasteiger partial charge on any atom is 0.223 e. The van der Waals surface area contributed by atoms with Gasteiger partial charge in [0.2, 0.25) is 5.95 Å². The molecule has 1 aromatic carbocycles. The summed E-state index contributed by atoms with van der Waals surface area (Å²) < 4.78 is 7.05. The zero-order chi connectivity index (χ0) is 19.5. The van der Waals surface area contributed by atoms with Crippen LogP contribution in [0.1, 0.15) is 47.6 Å². The summed E-state index contributed by atoms with van der Waals surface area (Å²) in [5.41, 5.74) is 9.90. The summed E-state index contributed by atoms with van der Waals surface area (Å²) in [6.07, 6.45) is 3.84. The zero-order valence-corrected chi connectivity index (χ0v) is 16.0. The van der Waals surface area contributed by atoms with E-state index in [9.17, 15) is 0 Å². The summed E-state index contributed by atoms with van der Waals surface area (Å²) in [6, 6.07) is 5.76. The number of ether oxygens (including phenoxy) is 1. The van der Waals surface area contributed by atoms with Crippen LogP contribution in [0.2, 0.25) is 0 Å². The number of hydrogen-bond donors (Lipinski definition) is 2. The van der Waals surface area contributed by atoms with Crippen LogP contribution >= 0.6 is 0 Å². The van der Waals surface area contributed by atoms with Gasteiger partial charge in [-0.1, -0.05) is 6.07 Å². The number of fused-ring (bicyclic) bond motifs is 4. The number of anilines is 1. The SMILES string of the molecule is COc1cccc2c1nc(N)n1nc(C3CC(c4ncc5c(n4)CNC5)C3)nc21. The lowest BCUT2D eigenvalue weighted by molar-refractivity contribution is 0.325. The standard InChI is InChI=1S/C20H20N8O/c1-29-15-4-2-3-13-16(15)25-20(21)28-19(13)26-18(27-28)11-5-10(6-11)17-23-8-12-7-22-9-14(12)24-17/h2-4,8,10-11,22H,5-7,9H2,1H3,(H2,21,25). The zero-order valence-electron chi connectivity index (χ0n) is 16.0. The van der Waals surface area contributed by atoms with Gasteiger partial charge in [0.15, 0.2) is 11.5 Å². The van der Waals surface area contributed by atoms with Crippen molar-refractivity contribution < 1.29 is 4.74 Å². The first-order valence-electron chi connectivity index (χ1n) is 9.75. The lowest BCUT2D eigenvalue weighted by atomic mass is 9.74. The number of rotatable bonds is 3. The largest absolute Gasteiger partial charge is 0.494 e. The molecule has 29 heavy (non-hydrogen) atoms. The van der Waals surface area contributed by atoms with E-state index in [4.69, 9.17) is 20.4 Å². The van der Waals surface area contributed by atoms with E-state index in [2.05, 4.69) is 20.4 Å². The predicted molar refractivity (Wildman–Crippen MR) is 107 cm³/mol. The van der Waals surface area contributed by atoms with Crippen LogP contribution in [0.15, 0.2) is 24.4 Å².